The third-order valence-corrected chi connectivity index (χ3v) is 5.70. The fourth-order valence-corrected chi connectivity index (χ4v) is 3.92. The van der Waals surface area contributed by atoms with Crippen molar-refractivity contribution in [3.8, 4) is 11.8 Å². The van der Waals surface area contributed by atoms with E-state index in [-0.39, 0.29) is 5.91 Å². The Morgan fingerprint density at radius 1 is 1.24 bits per heavy atom. The van der Waals surface area contributed by atoms with Gasteiger partial charge >= 0.3 is 0 Å². The number of methoxy groups -OCH3 is 1. The van der Waals surface area contributed by atoms with E-state index in [0.29, 0.717) is 35.2 Å². The molecule has 4 N–H and O–H groups in total. The largest absolute Gasteiger partial charge is 0.496 e. The lowest BCUT2D eigenvalue weighted by Crippen LogP contribution is -2.28. The summed E-state index contributed by atoms with van der Waals surface area (Å²) in [6.07, 6.45) is 2.11. The molecule has 2 heterocycles. The molecule has 2 aromatic carbocycles. The number of carbonyl (C=O) groups excluding carboxylic acids is 1. The van der Waals surface area contributed by atoms with Crippen molar-refractivity contribution in [2.75, 3.05) is 25.5 Å². The molecule has 1 atom stereocenters. The van der Waals surface area contributed by atoms with Crippen LogP contribution in [0.5, 0.6) is 5.75 Å². The Morgan fingerprint density at radius 3 is 2.85 bits per heavy atom. The standard InChI is InChI=1S/C24H27N7O2/c1-33-21-8-3-2-7-19(21)20(14-25)28-24(32)17-5-4-6-18(13-17)27-15-22-29-23(31-30-22)16-9-11-26-12-10-16/h2-8,13,16,20,26-27H,9-12,15H2,1H3,(H,28,32)(H,29,30,31)/t20-/m1/s1. The normalized spacial score (nSPS) is 14.8. The van der Waals surface area contributed by atoms with Crippen molar-refractivity contribution in [2.24, 2.45) is 0 Å². The molecule has 3 aromatic rings. The van der Waals surface area contributed by atoms with E-state index in [0.717, 1.165) is 37.4 Å². The van der Waals surface area contributed by atoms with E-state index >= 15 is 0 Å². The van der Waals surface area contributed by atoms with Crippen LogP contribution in [0.4, 0.5) is 5.69 Å². The molecule has 0 spiro atoms. The first-order valence-electron chi connectivity index (χ1n) is 11.0. The molecule has 4 rings (SSSR count). The number of rotatable bonds is 8. The van der Waals surface area contributed by atoms with E-state index in [2.05, 4.69) is 37.2 Å². The third kappa shape index (κ3) is 5.48. The van der Waals surface area contributed by atoms with Gasteiger partial charge < -0.3 is 20.7 Å². The van der Waals surface area contributed by atoms with Gasteiger partial charge in [-0.25, -0.2) is 4.98 Å². The number of nitriles is 1. The molecule has 1 aliphatic heterocycles. The van der Waals surface area contributed by atoms with Crippen LogP contribution in [0.25, 0.3) is 0 Å². The SMILES string of the molecule is COc1ccccc1[C@@H](C#N)NC(=O)c1cccc(NCc2n[nH]c(C3CCNCC3)n2)c1. The molecule has 9 heteroatoms. The molecule has 33 heavy (non-hydrogen) atoms. The maximum Gasteiger partial charge on any atom is 0.252 e. The van der Waals surface area contributed by atoms with E-state index in [4.69, 9.17) is 4.74 Å². The van der Waals surface area contributed by atoms with Gasteiger partial charge in [-0.05, 0) is 50.2 Å². The lowest BCUT2D eigenvalue weighted by atomic mass is 9.98. The van der Waals surface area contributed by atoms with E-state index < -0.39 is 6.04 Å². The highest BCUT2D eigenvalue weighted by Gasteiger charge is 2.20. The lowest BCUT2D eigenvalue weighted by Gasteiger charge is -2.19. The number of amides is 1. The van der Waals surface area contributed by atoms with Gasteiger partial charge in [0.05, 0.1) is 19.7 Å². The van der Waals surface area contributed by atoms with Crippen molar-refractivity contribution >= 4 is 11.6 Å². The van der Waals surface area contributed by atoms with Crippen molar-refractivity contribution < 1.29 is 9.53 Å². The first-order chi connectivity index (χ1) is 16.2. The Kier molecular flexibility index (Phi) is 7.17. The molecule has 1 fully saturated rings. The second kappa shape index (κ2) is 10.6. The number of nitrogens with zero attached hydrogens (tertiary/aromatic N) is 3. The second-order valence-corrected chi connectivity index (χ2v) is 7.87. The van der Waals surface area contributed by atoms with Crippen LogP contribution in [-0.4, -0.2) is 41.3 Å². The minimum absolute atomic E-state index is 0.345. The van der Waals surface area contributed by atoms with Crippen LogP contribution in [0.1, 0.15) is 52.4 Å². The topological polar surface area (TPSA) is 128 Å². The highest BCUT2D eigenvalue weighted by Crippen LogP contribution is 2.25. The van der Waals surface area contributed by atoms with Crippen molar-refractivity contribution in [1.29, 1.82) is 5.26 Å². The minimum Gasteiger partial charge on any atom is -0.496 e. The molecule has 9 nitrogen and oxygen atoms in total. The van der Waals surface area contributed by atoms with Gasteiger partial charge in [-0.15, -0.1) is 0 Å². The van der Waals surface area contributed by atoms with Crippen molar-refractivity contribution in [3.05, 3.63) is 71.3 Å². The molecule has 0 radical (unpaired) electrons. The summed E-state index contributed by atoms with van der Waals surface area (Å²) < 4.78 is 5.32. The number of para-hydroxylation sites is 1. The number of H-pyrrole nitrogens is 1. The second-order valence-electron chi connectivity index (χ2n) is 7.87. The average molecular weight is 446 g/mol. The average Bonchev–Trinajstić information content (AvgIpc) is 3.36. The Morgan fingerprint density at radius 2 is 2.06 bits per heavy atom. The number of hydrogen-bond acceptors (Lipinski definition) is 7. The highest BCUT2D eigenvalue weighted by molar-refractivity contribution is 5.95. The molecular weight excluding hydrogens is 418 g/mol. The zero-order valence-corrected chi connectivity index (χ0v) is 18.5. The molecule has 1 aromatic heterocycles. The lowest BCUT2D eigenvalue weighted by molar-refractivity contribution is 0.0945. The molecule has 0 unspecified atom stereocenters. The van der Waals surface area contributed by atoms with Crippen LogP contribution in [0.2, 0.25) is 0 Å². The minimum atomic E-state index is -0.827. The van der Waals surface area contributed by atoms with Crippen LogP contribution in [0.15, 0.2) is 48.5 Å². The molecule has 0 aliphatic carbocycles. The maximum absolute atomic E-state index is 12.8. The van der Waals surface area contributed by atoms with Crippen molar-refractivity contribution in [1.82, 2.24) is 25.8 Å². The van der Waals surface area contributed by atoms with Gasteiger partial charge in [0.25, 0.3) is 5.91 Å². The molecule has 170 valence electrons. The first kappa shape index (κ1) is 22.3. The first-order valence-corrected chi connectivity index (χ1v) is 11.0. The highest BCUT2D eigenvalue weighted by atomic mass is 16.5. The monoisotopic (exact) mass is 445 g/mol. The van der Waals surface area contributed by atoms with Gasteiger partial charge in [-0.2, -0.15) is 10.4 Å². The zero-order valence-electron chi connectivity index (χ0n) is 18.5. The molecule has 1 aliphatic rings. The van der Waals surface area contributed by atoms with Crippen LogP contribution >= 0.6 is 0 Å². The van der Waals surface area contributed by atoms with Crippen LogP contribution < -0.4 is 20.7 Å². The number of aromatic nitrogens is 3. The Hall–Kier alpha value is -3.90. The zero-order chi connectivity index (χ0) is 23.0. The summed E-state index contributed by atoms with van der Waals surface area (Å²) in [4.78, 5) is 17.4. The van der Waals surface area contributed by atoms with Gasteiger partial charge in [-0.1, -0.05) is 24.3 Å². The fraction of sp³-hybridized carbons (Fsp3) is 0.333. The summed E-state index contributed by atoms with van der Waals surface area (Å²) in [5.74, 6) is 2.23. The van der Waals surface area contributed by atoms with Crippen LogP contribution in [0, 0.1) is 11.3 Å². The number of anilines is 1. The maximum atomic E-state index is 12.8. The number of benzene rings is 2. The number of aromatic amines is 1. The third-order valence-electron chi connectivity index (χ3n) is 5.70. The predicted octanol–water partition coefficient (Wildman–Crippen LogP) is 2.89. The fourth-order valence-electron chi connectivity index (χ4n) is 3.92. The van der Waals surface area contributed by atoms with Crippen molar-refractivity contribution in [2.45, 2.75) is 31.3 Å². The van der Waals surface area contributed by atoms with Gasteiger partial charge in [0.15, 0.2) is 5.82 Å². The van der Waals surface area contributed by atoms with E-state index in [1.807, 2.05) is 12.1 Å². The summed E-state index contributed by atoms with van der Waals surface area (Å²) in [5, 5.41) is 26.4. The molecule has 1 saturated heterocycles. The van der Waals surface area contributed by atoms with Gasteiger partial charge in [0.2, 0.25) is 0 Å². The Balaban J connectivity index is 1.38. The predicted molar refractivity (Wildman–Crippen MR) is 124 cm³/mol. The van der Waals surface area contributed by atoms with Crippen molar-refractivity contribution in [3.63, 3.8) is 0 Å². The van der Waals surface area contributed by atoms with Gasteiger partial charge in [0.1, 0.15) is 17.6 Å². The van der Waals surface area contributed by atoms with Gasteiger partial charge in [-0.3, -0.25) is 9.89 Å². The van der Waals surface area contributed by atoms with E-state index in [1.165, 1.54) is 7.11 Å². The Bertz CT molecular complexity index is 1130. The number of piperidine rings is 1. The smallest absolute Gasteiger partial charge is 0.252 e. The number of carbonyl (C=O) groups is 1. The van der Waals surface area contributed by atoms with Crippen LogP contribution in [-0.2, 0) is 6.54 Å². The number of nitrogens with one attached hydrogen (secondary N) is 4. The molecule has 1 amide bonds. The number of ether oxygens (including phenoxy) is 1. The Labute approximate surface area is 192 Å². The van der Waals surface area contributed by atoms with E-state index in [9.17, 15) is 10.1 Å². The summed E-state index contributed by atoms with van der Waals surface area (Å²) in [7, 11) is 1.54. The summed E-state index contributed by atoms with van der Waals surface area (Å²) in [5.41, 5.74) is 1.82. The van der Waals surface area contributed by atoms with Gasteiger partial charge in [0, 0.05) is 22.7 Å². The van der Waals surface area contributed by atoms with Crippen LogP contribution in [0.3, 0.4) is 0 Å². The summed E-state index contributed by atoms with van der Waals surface area (Å²) >= 11 is 0. The molecular formula is C24H27N7O2. The number of hydrogen-bond donors (Lipinski definition) is 4. The quantitative estimate of drug-likeness (QED) is 0.420. The summed E-state index contributed by atoms with van der Waals surface area (Å²) in [6, 6.07) is 15.6. The molecule has 0 saturated carbocycles. The van der Waals surface area contributed by atoms with E-state index in [1.54, 1.807) is 36.4 Å². The summed E-state index contributed by atoms with van der Waals surface area (Å²) in [6.45, 7) is 2.43. The molecule has 0 bridgehead atoms.